The lowest BCUT2D eigenvalue weighted by atomic mass is 10.1. The largest absolute Gasteiger partial charge is 0.0659 e. The fraction of sp³-hybridized carbons (Fsp3) is 0.0588. The SMILES string of the molecule is BrC(=C\Cc1ccccc1)/C=C/c1ccccc1. The minimum atomic E-state index is 0.945. The summed E-state index contributed by atoms with van der Waals surface area (Å²) < 4.78 is 1.11. The van der Waals surface area contributed by atoms with E-state index in [1.54, 1.807) is 0 Å². The Morgan fingerprint density at radius 2 is 1.50 bits per heavy atom. The van der Waals surface area contributed by atoms with Gasteiger partial charge in [0.05, 0.1) is 0 Å². The molecule has 2 rings (SSSR count). The van der Waals surface area contributed by atoms with E-state index in [9.17, 15) is 0 Å². The predicted molar refractivity (Wildman–Crippen MR) is 82.6 cm³/mol. The number of hydrogen-bond acceptors (Lipinski definition) is 0. The number of allylic oxidation sites excluding steroid dienone is 3. The average Bonchev–Trinajstić information content (AvgIpc) is 2.45. The van der Waals surface area contributed by atoms with Crippen molar-refractivity contribution in [2.24, 2.45) is 0 Å². The van der Waals surface area contributed by atoms with E-state index in [4.69, 9.17) is 0 Å². The molecule has 0 spiro atoms. The molecule has 0 aliphatic rings. The van der Waals surface area contributed by atoms with E-state index in [2.05, 4.69) is 70.6 Å². The summed E-state index contributed by atoms with van der Waals surface area (Å²) in [7, 11) is 0. The van der Waals surface area contributed by atoms with Gasteiger partial charge in [0.1, 0.15) is 0 Å². The van der Waals surface area contributed by atoms with E-state index in [0.29, 0.717) is 0 Å². The molecular weight excluding hydrogens is 284 g/mol. The second-order valence-electron chi connectivity index (χ2n) is 4.02. The molecule has 0 aliphatic carbocycles. The van der Waals surface area contributed by atoms with Crippen LogP contribution in [0.3, 0.4) is 0 Å². The zero-order chi connectivity index (χ0) is 12.6. The number of rotatable bonds is 4. The molecule has 18 heavy (non-hydrogen) atoms. The zero-order valence-corrected chi connectivity index (χ0v) is 11.7. The van der Waals surface area contributed by atoms with E-state index in [-0.39, 0.29) is 0 Å². The van der Waals surface area contributed by atoms with Crippen LogP contribution in [0, 0.1) is 0 Å². The molecule has 0 aromatic heterocycles. The summed E-state index contributed by atoms with van der Waals surface area (Å²) in [5, 5.41) is 0. The average molecular weight is 299 g/mol. The molecule has 1 heteroatoms. The smallest absolute Gasteiger partial charge is 0.0138 e. The molecule has 0 heterocycles. The van der Waals surface area contributed by atoms with Gasteiger partial charge in [0.25, 0.3) is 0 Å². The molecule has 2 aromatic carbocycles. The van der Waals surface area contributed by atoms with Crippen LogP contribution >= 0.6 is 15.9 Å². The molecule has 0 aliphatic heterocycles. The maximum Gasteiger partial charge on any atom is 0.0138 e. The highest BCUT2D eigenvalue weighted by Crippen LogP contribution is 2.12. The lowest BCUT2D eigenvalue weighted by molar-refractivity contribution is 1.27. The predicted octanol–water partition coefficient (Wildman–Crippen LogP) is 5.22. The van der Waals surface area contributed by atoms with Crippen LogP contribution in [0.25, 0.3) is 6.08 Å². The molecule has 0 saturated heterocycles. The van der Waals surface area contributed by atoms with Crippen molar-refractivity contribution >= 4 is 22.0 Å². The van der Waals surface area contributed by atoms with Gasteiger partial charge < -0.3 is 0 Å². The minimum absolute atomic E-state index is 0.945. The molecule has 0 fully saturated rings. The van der Waals surface area contributed by atoms with Crippen molar-refractivity contribution in [2.75, 3.05) is 0 Å². The molecule has 0 atom stereocenters. The molecule has 0 bridgehead atoms. The van der Waals surface area contributed by atoms with E-state index in [0.717, 1.165) is 10.9 Å². The molecule has 0 nitrogen and oxygen atoms in total. The van der Waals surface area contributed by atoms with Gasteiger partial charge in [-0.15, -0.1) is 0 Å². The van der Waals surface area contributed by atoms with E-state index in [1.165, 1.54) is 11.1 Å². The summed E-state index contributed by atoms with van der Waals surface area (Å²) in [6.07, 6.45) is 7.30. The summed E-state index contributed by atoms with van der Waals surface area (Å²) in [5.74, 6) is 0. The highest BCUT2D eigenvalue weighted by atomic mass is 79.9. The van der Waals surface area contributed by atoms with Crippen LogP contribution in [0.1, 0.15) is 11.1 Å². The number of benzene rings is 2. The van der Waals surface area contributed by atoms with Crippen molar-refractivity contribution in [1.82, 2.24) is 0 Å². The van der Waals surface area contributed by atoms with Gasteiger partial charge in [0.2, 0.25) is 0 Å². The Hall–Kier alpha value is -1.60. The molecule has 0 saturated carbocycles. The van der Waals surface area contributed by atoms with Gasteiger partial charge in [-0.3, -0.25) is 0 Å². The Kier molecular flexibility index (Phi) is 4.98. The summed E-state index contributed by atoms with van der Waals surface area (Å²) in [6.45, 7) is 0. The van der Waals surface area contributed by atoms with Crippen LogP contribution in [0.4, 0.5) is 0 Å². The third-order valence-corrected chi connectivity index (χ3v) is 3.20. The van der Waals surface area contributed by atoms with Crippen molar-refractivity contribution in [1.29, 1.82) is 0 Å². The first-order valence-electron chi connectivity index (χ1n) is 5.97. The van der Waals surface area contributed by atoms with Gasteiger partial charge in [0.15, 0.2) is 0 Å². The molecule has 90 valence electrons. The quantitative estimate of drug-likeness (QED) is 0.679. The second-order valence-corrected chi connectivity index (χ2v) is 4.94. The van der Waals surface area contributed by atoms with Crippen LogP contribution in [-0.2, 0) is 6.42 Å². The van der Waals surface area contributed by atoms with Crippen LogP contribution in [0.5, 0.6) is 0 Å². The van der Waals surface area contributed by atoms with Gasteiger partial charge in [-0.2, -0.15) is 0 Å². The standard InChI is InChI=1S/C17H15Br/c18-17(13-11-15-7-3-1-4-8-15)14-12-16-9-5-2-6-10-16/h1-11,13-14H,12H2/b13-11+,17-14-. The van der Waals surface area contributed by atoms with Crippen molar-refractivity contribution in [3.05, 3.63) is 88.4 Å². The van der Waals surface area contributed by atoms with Gasteiger partial charge in [-0.05, 0) is 23.6 Å². The lowest BCUT2D eigenvalue weighted by Crippen LogP contribution is -1.79. The first-order chi connectivity index (χ1) is 8.84. The van der Waals surface area contributed by atoms with E-state index >= 15 is 0 Å². The monoisotopic (exact) mass is 298 g/mol. The molecule has 0 radical (unpaired) electrons. The summed E-state index contributed by atoms with van der Waals surface area (Å²) in [5.41, 5.74) is 2.53. The van der Waals surface area contributed by atoms with Crippen LogP contribution < -0.4 is 0 Å². The maximum absolute atomic E-state index is 3.57. The summed E-state index contributed by atoms with van der Waals surface area (Å²) in [6, 6.07) is 20.7. The summed E-state index contributed by atoms with van der Waals surface area (Å²) in [4.78, 5) is 0. The topological polar surface area (TPSA) is 0 Å². The van der Waals surface area contributed by atoms with E-state index in [1.807, 2.05) is 24.3 Å². The normalized spacial score (nSPS) is 11.9. The third kappa shape index (κ3) is 4.34. The Balaban J connectivity index is 1.96. The maximum atomic E-state index is 3.57. The molecule has 0 unspecified atom stereocenters. The van der Waals surface area contributed by atoms with Crippen LogP contribution in [0.2, 0.25) is 0 Å². The second kappa shape index (κ2) is 6.97. The van der Waals surface area contributed by atoms with Crippen LogP contribution in [0.15, 0.2) is 77.3 Å². The van der Waals surface area contributed by atoms with Crippen molar-refractivity contribution in [2.45, 2.75) is 6.42 Å². The highest BCUT2D eigenvalue weighted by molar-refractivity contribution is 9.11. The Labute approximate surface area is 117 Å². The third-order valence-electron chi connectivity index (χ3n) is 2.61. The summed E-state index contributed by atoms with van der Waals surface area (Å²) >= 11 is 3.57. The van der Waals surface area contributed by atoms with Crippen molar-refractivity contribution in [3.8, 4) is 0 Å². The lowest BCUT2D eigenvalue weighted by Gasteiger charge is -1.96. The number of halogens is 1. The highest BCUT2D eigenvalue weighted by Gasteiger charge is 1.89. The Morgan fingerprint density at radius 1 is 0.889 bits per heavy atom. The van der Waals surface area contributed by atoms with Gasteiger partial charge in [-0.1, -0.05) is 88.7 Å². The first-order valence-corrected chi connectivity index (χ1v) is 6.76. The van der Waals surface area contributed by atoms with Crippen LogP contribution in [-0.4, -0.2) is 0 Å². The van der Waals surface area contributed by atoms with Crippen molar-refractivity contribution < 1.29 is 0 Å². The Morgan fingerprint density at radius 3 is 2.17 bits per heavy atom. The number of hydrogen-bond donors (Lipinski definition) is 0. The Bertz CT molecular complexity index is 524. The molecule has 2 aromatic rings. The van der Waals surface area contributed by atoms with E-state index < -0.39 is 0 Å². The molecule has 0 N–H and O–H groups in total. The van der Waals surface area contributed by atoms with Crippen molar-refractivity contribution in [3.63, 3.8) is 0 Å². The molecule has 0 amide bonds. The first kappa shape index (κ1) is 12.8. The van der Waals surface area contributed by atoms with Gasteiger partial charge >= 0.3 is 0 Å². The minimum Gasteiger partial charge on any atom is -0.0659 e. The fourth-order valence-electron chi connectivity index (χ4n) is 1.64. The van der Waals surface area contributed by atoms with Gasteiger partial charge in [-0.25, -0.2) is 0 Å². The van der Waals surface area contributed by atoms with Gasteiger partial charge in [0, 0.05) is 4.48 Å². The zero-order valence-electron chi connectivity index (χ0n) is 10.1. The molecular formula is C17H15Br. The fourth-order valence-corrected chi connectivity index (χ4v) is 1.93.